The molecule has 2 aliphatic heterocycles. The minimum Gasteiger partial charge on any atom is -0.508 e. The van der Waals surface area contributed by atoms with Crippen molar-refractivity contribution in [2.45, 2.75) is 65.2 Å². The minimum absolute atomic E-state index is 0.0206. The van der Waals surface area contributed by atoms with E-state index in [1.165, 1.54) is 35.5 Å². The van der Waals surface area contributed by atoms with E-state index in [0.717, 1.165) is 57.9 Å². The molecule has 2 aliphatic rings. The SMILES string of the molecule is CC(=O)N1CCC(CCN2CCC(Cc3ccc(-n4c(-c5cc(C(C)C)c(O)cc5O)n[nH]c4=O)cc3)CC2)CC1. The summed E-state index contributed by atoms with van der Waals surface area (Å²) in [6.45, 7) is 10.8. The van der Waals surface area contributed by atoms with Crippen molar-refractivity contribution in [1.82, 2.24) is 24.6 Å². The van der Waals surface area contributed by atoms with Gasteiger partial charge in [0.25, 0.3) is 0 Å². The Morgan fingerprint density at radius 2 is 1.63 bits per heavy atom. The third-order valence-electron chi connectivity index (χ3n) is 9.02. The Kier molecular flexibility index (Phi) is 8.82. The molecule has 3 N–H and O–H groups in total. The molecular formula is C32H43N5O4. The average molecular weight is 562 g/mol. The number of rotatable bonds is 8. The first-order chi connectivity index (χ1) is 19.7. The number of aromatic amines is 1. The van der Waals surface area contributed by atoms with Crippen molar-refractivity contribution >= 4 is 5.91 Å². The van der Waals surface area contributed by atoms with Crippen LogP contribution in [0.3, 0.4) is 0 Å². The molecule has 3 aromatic rings. The maximum Gasteiger partial charge on any atom is 0.348 e. The van der Waals surface area contributed by atoms with Crippen LogP contribution in [-0.2, 0) is 11.2 Å². The lowest BCUT2D eigenvalue weighted by molar-refractivity contribution is -0.130. The summed E-state index contributed by atoms with van der Waals surface area (Å²) in [6.07, 6.45) is 6.89. The molecule has 1 amide bonds. The van der Waals surface area contributed by atoms with E-state index in [4.69, 9.17) is 0 Å². The number of carbonyl (C=O) groups excluding carboxylic acids is 1. The highest BCUT2D eigenvalue weighted by Gasteiger charge is 2.24. The van der Waals surface area contributed by atoms with E-state index in [1.807, 2.05) is 30.9 Å². The van der Waals surface area contributed by atoms with Gasteiger partial charge in [-0.2, -0.15) is 5.10 Å². The van der Waals surface area contributed by atoms with Crippen LogP contribution in [0.4, 0.5) is 0 Å². The molecule has 0 spiro atoms. The quantitative estimate of drug-likeness (QED) is 0.368. The summed E-state index contributed by atoms with van der Waals surface area (Å²) in [6, 6.07) is 11.0. The molecule has 220 valence electrons. The second-order valence-corrected chi connectivity index (χ2v) is 12.2. The first-order valence-electron chi connectivity index (χ1n) is 15.0. The third-order valence-corrected chi connectivity index (χ3v) is 9.02. The Morgan fingerprint density at radius 1 is 0.976 bits per heavy atom. The third kappa shape index (κ3) is 6.67. The summed E-state index contributed by atoms with van der Waals surface area (Å²) < 4.78 is 1.46. The number of nitrogens with zero attached hydrogens (tertiary/aromatic N) is 4. The highest BCUT2D eigenvalue weighted by molar-refractivity contribution is 5.73. The van der Waals surface area contributed by atoms with Crippen molar-refractivity contribution in [3.8, 4) is 28.6 Å². The number of piperidine rings is 2. The Hall–Kier alpha value is -3.59. The number of benzene rings is 2. The van der Waals surface area contributed by atoms with Gasteiger partial charge in [-0.3, -0.25) is 4.79 Å². The molecule has 0 unspecified atom stereocenters. The monoisotopic (exact) mass is 561 g/mol. The van der Waals surface area contributed by atoms with Gasteiger partial charge in [-0.15, -0.1) is 0 Å². The lowest BCUT2D eigenvalue weighted by Crippen LogP contribution is -2.39. The average Bonchev–Trinajstić information content (AvgIpc) is 3.34. The van der Waals surface area contributed by atoms with E-state index in [9.17, 15) is 19.8 Å². The molecule has 2 fully saturated rings. The van der Waals surface area contributed by atoms with Crippen LogP contribution in [0.1, 0.15) is 69.9 Å². The maximum absolute atomic E-state index is 12.7. The predicted molar refractivity (Wildman–Crippen MR) is 160 cm³/mol. The highest BCUT2D eigenvalue weighted by atomic mass is 16.3. The molecular weight excluding hydrogens is 518 g/mol. The van der Waals surface area contributed by atoms with Gasteiger partial charge in [0, 0.05) is 26.1 Å². The molecule has 9 heteroatoms. The molecule has 0 atom stereocenters. The van der Waals surface area contributed by atoms with Crippen molar-refractivity contribution in [1.29, 1.82) is 0 Å². The molecule has 0 radical (unpaired) electrons. The van der Waals surface area contributed by atoms with Crippen LogP contribution in [0.25, 0.3) is 17.1 Å². The fraction of sp³-hybridized carbons (Fsp3) is 0.531. The lowest BCUT2D eigenvalue weighted by atomic mass is 9.89. The largest absolute Gasteiger partial charge is 0.508 e. The number of hydrogen-bond donors (Lipinski definition) is 3. The highest BCUT2D eigenvalue weighted by Crippen LogP contribution is 2.37. The molecule has 9 nitrogen and oxygen atoms in total. The predicted octanol–water partition coefficient (Wildman–Crippen LogP) is 4.67. The molecule has 2 aromatic carbocycles. The Bertz CT molecular complexity index is 1390. The molecule has 41 heavy (non-hydrogen) atoms. The molecule has 0 bridgehead atoms. The summed E-state index contributed by atoms with van der Waals surface area (Å²) >= 11 is 0. The molecule has 0 saturated carbocycles. The normalized spacial score (nSPS) is 17.4. The van der Waals surface area contributed by atoms with E-state index in [-0.39, 0.29) is 29.0 Å². The second-order valence-electron chi connectivity index (χ2n) is 12.2. The Labute approximate surface area is 241 Å². The second kappa shape index (κ2) is 12.5. The number of nitrogens with one attached hydrogen (secondary N) is 1. The zero-order chi connectivity index (χ0) is 29.1. The standard InChI is InChI=1S/C32H43N5O4/c1-21(2)27-19-28(30(40)20-29(27)39)31-33-34-32(41)37(31)26-6-4-24(5-7-26)18-25-9-14-35(15-10-25)13-8-23-11-16-36(17-12-23)22(3)38/h4-7,19-21,23,25,39-40H,8-18H2,1-3H3,(H,34,41). The van der Waals surface area contributed by atoms with Crippen LogP contribution in [-0.4, -0.2) is 73.4 Å². The van der Waals surface area contributed by atoms with Gasteiger partial charge in [-0.25, -0.2) is 14.5 Å². The fourth-order valence-electron chi connectivity index (χ4n) is 6.38. The summed E-state index contributed by atoms with van der Waals surface area (Å²) in [4.78, 5) is 28.9. The number of likely N-dealkylation sites (tertiary alicyclic amines) is 2. The summed E-state index contributed by atoms with van der Waals surface area (Å²) in [5.41, 5.74) is 2.60. The van der Waals surface area contributed by atoms with Gasteiger partial charge in [0.15, 0.2) is 5.82 Å². The number of phenolic OH excluding ortho intramolecular Hbond substituents is 2. The smallest absolute Gasteiger partial charge is 0.348 e. The van der Waals surface area contributed by atoms with Crippen LogP contribution in [0, 0.1) is 11.8 Å². The van der Waals surface area contributed by atoms with Gasteiger partial charge >= 0.3 is 5.69 Å². The molecule has 1 aromatic heterocycles. The van der Waals surface area contributed by atoms with Crippen LogP contribution >= 0.6 is 0 Å². The van der Waals surface area contributed by atoms with E-state index in [0.29, 0.717) is 28.6 Å². The van der Waals surface area contributed by atoms with E-state index < -0.39 is 0 Å². The number of aromatic hydroxyl groups is 2. The van der Waals surface area contributed by atoms with E-state index in [2.05, 4.69) is 27.2 Å². The lowest BCUT2D eigenvalue weighted by Gasteiger charge is -2.35. The van der Waals surface area contributed by atoms with Crippen LogP contribution in [0.2, 0.25) is 0 Å². The Balaban J connectivity index is 1.17. The molecule has 5 rings (SSSR count). The number of carbonyl (C=O) groups is 1. The first kappa shape index (κ1) is 28.9. The zero-order valence-electron chi connectivity index (χ0n) is 24.5. The van der Waals surface area contributed by atoms with Gasteiger partial charge in [-0.05, 0) is 105 Å². The minimum atomic E-state index is -0.386. The van der Waals surface area contributed by atoms with Gasteiger partial charge in [0.1, 0.15) is 11.5 Å². The van der Waals surface area contributed by atoms with Gasteiger partial charge in [0.05, 0.1) is 11.3 Å². The van der Waals surface area contributed by atoms with E-state index in [1.54, 1.807) is 13.0 Å². The number of aromatic nitrogens is 3. The molecule has 3 heterocycles. The van der Waals surface area contributed by atoms with Gasteiger partial charge in [0.2, 0.25) is 5.91 Å². The number of amides is 1. The van der Waals surface area contributed by atoms with Crippen LogP contribution in [0.5, 0.6) is 11.5 Å². The summed E-state index contributed by atoms with van der Waals surface area (Å²) in [5.74, 6) is 1.82. The topological polar surface area (TPSA) is 115 Å². The first-order valence-corrected chi connectivity index (χ1v) is 15.0. The van der Waals surface area contributed by atoms with Gasteiger partial charge in [-0.1, -0.05) is 26.0 Å². The van der Waals surface area contributed by atoms with Crippen molar-refractivity contribution in [2.75, 3.05) is 32.7 Å². The van der Waals surface area contributed by atoms with Crippen molar-refractivity contribution < 1.29 is 15.0 Å². The maximum atomic E-state index is 12.7. The van der Waals surface area contributed by atoms with Crippen molar-refractivity contribution in [3.05, 3.63) is 58.0 Å². The number of phenols is 2. The Morgan fingerprint density at radius 3 is 2.27 bits per heavy atom. The zero-order valence-corrected chi connectivity index (χ0v) is 24.5. The number of H-pyrrole nitrogens is 1. The molecule has 0 aliphatic carbocycles. The van der Waals surface area contributed by atoms with Crippen LogP contribution < -0.4 is 5.69 Å². The van der Waals surface area contributed by atoms with Crippen molar-refractivity contribution in [3.63, 3.8) is 0 Å². The number of hydrogen-bond acceptors (Lipinski definition) is 6. The van der Waals surface area contributed by atoms with E-state index >= 15 is 0 Å². The van der Waals surface area contributed by atoms with Gasteiger partial charge < -0.3 is 20.0 Å². The summed E-state index contributed by atoms with van der Waals surface area (Å²) in [5, 5.41) is 27.5. The van der Waals surface area contributed by atoms with Crippen molar-refractivity contribution in [2.24, 2.45) is 11.8 Å². The molecule has 2 saturated heterocycles. The summed E-state index contributed by atoms with van der Waals surface area (Å²) in [7, 11) is 0. The fourth-order valence-corrected chi connectivity index (χ4v) is 6.38. The van der Waals surface area contributed by atoms with Crippen LogP contribution in [0.15, 0.2) is 41.2 Å².